The SMILES string of the molecule is CC(C)(C(=O)NCCC1COc2ccccc2O1)N1CCOCC1. The van der Waals surface area contributed by atoms with Gasteiger partial charge in [-0.2, -0.15) is 0 Å². The van der Waals surface area contributed by atoms with Gasteiger partial charge in [0.05, 0.1) is 18.8 Å². The van der Waals surface area contributed by atoms with Gasteiger partial charge in [-0.05, 0) is 26.0 Å². The van der Waals surface area contributed by atoms with E-state index in [9.17, 15) is 4.79 Å². The predicted molar refractivity (Wildman–Crippen MR) is 90.5 cm³/mol. The van der Waals surface area contributed by atoms with Crippen molar-refractivity contribution in [1.29, 1.82) is 0 Å². The summed E-state index contributed by atoms with van der Waals surface area (Å²) < 4.78 is 17.0. The van der Waals surface area contributed by atoms with Crippen LogP contribution in [-0.2, 0) is 9.53 Å². The number of para-hydroxylation sites is 2. The summed E-state index contributed by atoms with van der Waals surface area (Å²) in [6.07, 6.45) is 0.686. The van der Waals surface area contributed by atoms with Crippen LogP contribution < -0.4 is 14.8 Å². The number of carbonyl (C=O) groups excluding carboxylic acids is 1. The van der Waals surface area contributed by atoms with E-state index < -0.39 is 5.54 Å². The Morgan fingerprint density at radius 1 is 1.25 bits per heavy atom. The molecule has 1 unspecified atom stereocenters. The Morgan fingerprint density at radius 2 is 1.96 bits per heavy atom. The number of hydrogen-bond acceptors (Lipinski definition) is 5. The molecular formula is C18H26N2O4. The third-order valence-corrected chi connectivity index (χ3v) is 4.68. The molecule has 1 amide bonds. The van der Waals surface area contributed by atoms with Crippen LogP contribution in [0.3, 0.4) is 0 Å². The molecule has 6 nitrogen and oxygen atoms in total. The summed E-state index contributed by atoms with van der Waals surface area (Å²) in [4.78, 5) is 14.7. The fourth-order valence-electron chi connectivity index (χ4n) is 3.03. The van der Waals surface area contributed by atoms with Crippen molar-refractivity contribution in [3.05, 3.63) is 24.3 Å². The molecule has 1 aromatic rings. The van der Waals surface area contributed by atoms with Gasteiger partial charge in [0.25, 0.3) is 0 Å². The lowest BCUT2D eigenvalue weighted by molar-refractivity contribution is -0.134. The van der Waals surface area contributed by atoms with Crippen molar-refractivity contribution in [2.75, 3.05) is 39.5 Å². The number of carbonyl (C=O) groups is 1. The molecule has 0 aromatic heterocycles. The van der Waals surface area contributed by atoms with Gasteiger partial charge >= 0.3 is 0 Å². The monoisotopic (exact) mass is 334 g/mol. The minimum absolute atomic E-state index is 0.0355. The Kier molecular flexibility index (Phi) is 5.26. The molecule has 2 heterocycles. The second-order valence-electron chi connectivity index (χ2n) is 6.70. The number of nitrogens with one attached hydrogen (secondary N) is 1. The lowest BCUT2D eigenvalue weighted by atomic mass is 10.0. The molecule has 0 saturated carbocycles. The topological polar surface area (TPSA) is 60.0 Å². The molecule has 2 aliphatic heterocycles. The molecule has 0 aliphatic carbocycles. The molecule has 2 aliphatic rings. The number of benzene rings is 1. The highest BCUT2D eigenvalue weighted by Crippen LogP contribution is 2.31. The number of hydrogen-bond donors (Lipinski definition) is 1. The molecule has 24 heavy (non-hydrogen) atoms. The molecule has 0 spiro atoms. The van der Waals surface area contributed by atoms with Gasteiger partial charge in [0, 0.05) is 26.1 Å². The van der Waals surface area contributed by atoms with E-state index in [2.05, 4.69) is 10.2 Å². The highest BCUT2D eigenvalue weighted by atomic mass is 16.6. The first-order valence-electron chi connectivity index (χ1n) is 8.57. The molecule has 3 rings (SSSR count). The first-order valence-corrected chi connectivity index (χ1v) is 8.57. The number of rotatable bonds is 5. The van der Waals surface area contributed by atoms with Gasteiger partial charge < -0.3 is 19.5 Å². The van der Waals surface area contributed by atoms with Gasteiger partial charge in [-0.1, -0.05) is 12.1 Å². The van der Waals surface area contributed by atoms with E-state index in [1.807, 2.05) is 38.1 Å². The molecule has 1 atom stereocenters. The van der Waals surface area contributed by atoms with Crippen LogP contribution in [0.15, 0.2) is 24.3 Å². The van der Waals surface area contributed by atoms with Gasteiger partial charge in [-0.15, -0.1) is 0 Å². The fourth-order valence-corrected chi connectivity index (χ4v) is 3.03. The maximum atomic E-state index is 12.5. The molecule has 1 saturated heterocycles. The van der Waals surface area contributed by atoms with E-state index in [0.717, 1.165) is 31.0 Å². The van der Waals surface area contributed by atoms with E-state index in [4.69, 9.17) is 14.2 Å². The van der Waals surface area contributed by atoms with Gasteiger partial charge in [0.2, 0.25) is 5.91 Å². The molecule has 1 N–H and O–H groups in total. The standard InChI is InChI=1S/C18H26N2O4/c1-18(2,20-9-11-22-12-10-20)17(21)19-8-7-14-13-23-15-5-3-4-6-16(15)24-14/h3-6,14H,7-13H2,1-2H3,(H,19,21). The summed E-state index contributed by atoms with van der Waals surface area (Å²) >= 11 is 0. The fraction of sp³-hybridized carbons (Fsp3) is 0.611. The van der Waals surface area contributed by atoms with E-state index in [1.165, 1.54) is 0 Å². The van der Waals surface area contributed by atoms with Crippen LogP contribution in [0.4, 0.5) is 0 Å². The van der Waals surface area contributed by atoms with Crippen molar-refractivity contribution < 1.29 is 19.0 Å². The Hall–Kier alpha value is -1.79. The summed E-state index contributed by atoms with van der Waals surface area (Å²) in [6, 6.07) is 7.66. The van der Waals surface area contributed by atoms with Crippen LogP contribution in [-0.4, -0.2) is 61.9 Å². The zero-order valence-electron chi connectivity index (χ0n) is 14.4. The normalized spacial score (nSPS) is 21.3. The zero-order chi connectivity index (χ0) is 17.0. The van der Waals surface area contributed by atoms with Crippen LogP contribution in [0, 0.1) is 0 Å². The molecule has 6 heteroatoms. The number of fused-ring (bicyclic) bond motifs is 1. The second-order valence-corrected chi connectivity index (χ2v) is 6.70. The van der Waals surface area contributed by atoms with Gasteiger partial charge in [0.1, 0.15) is 12.7 Å². The Morgan fingerprint density at radius 3 is 2.71 bits per heavy atom. The van der Waals surface area contributed by atoms with Crippen molar-refractivity contribution in [2.45, 2.75) is 31.9 Å². The van der Waals surface area contributed by atoms with Crippen molar-refractivity contribution in [2.24, 2.45) is 0 Å². The number of ether oxygens (including phenoxy) is 3. The smallest absolute Gasteiger partial charge is 0.239 e. The highest BCUT2D eigenvalue weighted by molar-refractivity contribution is 5.85. The van der Waals surface area contributed by atoms with E-state index >= 15 is 0 Å². The molecule has 1 fully saturated rings. The van der Waals surface area contributed by atoms with E-state index in [0.29, 0.717) is 26.4 Å². The lowest BCUT2D eigenvalue weighted by Crippen LogP contribution is -2.58. The number of nitrogens with zero attached hydrogens (tertiary/aromatic N) is 1. The summed E-state index contributed by atoms with van der Waals surface area (Å²) in [5, 5.41) is 3.03. The molecule has 132 valence electrons. The van der Waals surface area contributed by atoms with E-state index in [1.54, 1.807) is 0 Å². The van der Waals surface area contributed by atoms with Crippen LogP contribution in [0.2, 0.25) is 0 Å². The quantitative estimate of drug-likeness (QED) is 0.883. The third kappa shape index (κ3) is 3.82. The summed E-state index contributed by atoms with van der Waals surface area (Å²) in [7, 11) is 0. The van der Waals surface area contributed by atoms with Crippen LogP contribution in [0.25, 0.3) is 0 Å². The lowest BCUT2D eigenvalue weighted by Gasteiger charge is -2.39. The maximum Gasteiger partial charge on any atom is 0.239 e. The molecule has 0 bridgehead atoms. The van der Waals surface area contributed by atoms with Crippen LogP contribution in [0.5, 0.6) is 11.5 Å². The molecule has 1 aromatic carbocycles. The number of morpholine rings is 1. The first-order chi connectivity index (χ1) is 11.6. The first kappa shape index (κ1) is 17.0. The average molecular weight is 334 g/mol. The molecular weight excluding hydrogens is 308 g/mol. The third-order valence-electron chi connectivity index (χ3n) is 4.68. The van der Waals surface area contributed by atoms with Crippen molar-refractivity contribution >= 4 is 5.91 Å². The van der Waals surface area contributed by atoms with Crippen LogP contribution >= 0.6 is 0 Å². The second kappa shape index (κ2) is 7.40. The van der Waals surface area contributed by atoms with Crippen molar-refractivity contribution in [1.82, 2.24) is 10.2 Å². The summed E-state index contributed by atoms with van der Waals surface area (Å²) in [5.41, 5.74) is -0.527. The highest BCUT2D eigenvalue weighted by Gasteiger charge is 2.35. The predicted octanol–water partition coefficient (Wildman–Crippen LogP) is 1.44. The van der Waals surface area contributed by atoms with E-state index in [-0.39, 0.29) is 12.0 Å². The summed E-state index contributed by atoms with van der Waals surface area (Å²) in [5.74, 6) is 1.60. The Labute approximate surface area is 143 Å². The molecule has 0 radical (unpaired) electrons. The largest absolute Gasteiger partial charge is 0.486 e. The van der Waals surface area contributed by atoms with Gasteiger partial charge in [-0.3, -0.25) is 9.69 Å². The maximum absolute atomic E-state index is 12.5. The Balaban J connectivity index is 1.45. The zero-order valence-corrected chi connectivity index (χ0v) is 14.4. The van der Waals surface area contributed by atoms with Gasteiger partial charge in [0.15, 0.2) is 11.5 Å². The summed E-state index contributed by atoms with van der Waals surface area (Å²) in [6.45, 7) is 7.96. The van der Waals surface area contributed by atoms with Crippen molar-refractivity contribution in [3.8, 4) is 11.5 Å². The van der Waals surface area contributed by atoms with Crippen molar-refractivity contribution in [3.63, 3.8) is 0 Å². The minimum atomic E-state index is -0.527. The number of amides is 1. The Bertz CT molecular complexity index is 570. The minimum Gasteiger partial charge on any atom is -0.486 e. The average Bonchev–Trinajstić information content (AvgIpc) is 2.62. The van der Waals surface area contributed by atoms with Crippen LogP contribution in [0.1, 0.15) is 20.3 Å². The van der Waals surface area contributed by atoms with Gasteiger partial charge in [-0.25, -0.2) is 0 Å².